The van der Waals surface area contributed by atoms with Crippen LogP contribution in [0.1, 0.15) is 475 Å². The number of nitrogens with zero attached hydrogens (tertiary/aromatic N) is 11. The van der Waals surface area contributed by atoms with Crippen LogP contribution in [-0.4, -0.2) is 273 Å². The summed E-state index contributed by atoms with van der Waals surface area (Å²) in [5, 5.41) is 0. The first-order valence-corrected chi connectivity index (χ1v) is 54.0. The zero-order valence-electron chi connectivity index (χ0n) is 97.5. The van der Waals surface area contributed by atoms with Gasteiger partial charge in [0, 0.05) is 18.6 Å². The highest BCUT2D eigenvalue weighted by Crippen LogP contribution is 2.30. The molecule has 5 fully saturated rings. The van der Waals surface area contributed by atoms with E-state index in [1.165, 1.54) is 343 Å². The summed E-state index contributed by atoms with van der Waals surface area (Å²) in [4.78, 5) is 27.1. The molecule has 5 rings (SSSR count). The van der Waals surface area contributed by atoms with Gasteiger partial charge in [0.1, 0.15) is 0 Å². The Bertz CT molecular complexity index is 2240. The fourth-order valence-corrected chi connectivity index (χ4v) is 16.1. The molecular formula is C115H253N11. The van der Waals surface area contributed by atoms with Crippen LogP contribution < -0.4 is 0 Å². The van der Waals surface area contributed by atoms with Crippen LogP contribution in [0.4, 0.5) is 0 Å². The van der Waals surface area contributed by atoms with Gasteiger partial charge in [0.2, 0.25) is 0 Å². The lowest BCUT2D eigenvalue weighted by Gasteiger charge is -2.34. The minimum atomic E-state index is 0.406. The number of likely N-dealkylation sites (tertiary alicyclic amines) is 5. The summed E-state index contributed by atoms with van der Waals surface area (Å²) in [6, 6.07) is 1.42. The summed E-state index contributed by atoms with van der Waals surface area (Å²) in [5.41, 5.74) is 5.39. The summed E-state index contributed by atoms with van der Waals surface area (Å²) >= 11 is 0. The van der Waals surface area contributed by atoms with Crippen LogP contribution in [0.2, 0.25) is 0 Å². The average molecular weight is 1790 g/mol. The third-order valence-electron chi connectivity index (χ3n) is 24.8. The summed E-state index contributed by atoms with van der Waals surface area (Å²) in [6.45, 7) is 116. The molecule has 0 spiro atoms. The van der Waals surface area contributed by atoms with Crippen molar-refractivity contribution < 1.29 is 0 Å². The van der Waals surface area contributed by atoms with E-state index in [2.05, 4.69) is 380 Å². The Morgan fingerprint density at radius 1 is 0.238 bits per heavy atom. The van der Waals surface area contributed by atoms with E-state index < -0.39 is 0 Å². The summed E-state index contributed by atoms with van der Waals surface area (Å²) in [7, 11) is 19.1. The highest BCUT2D eigenvalue weighted by Gasteiger charge is 2.25. The van der Waals surface area contributed by atoms with Crippen molar-refractivity contribution in [2.24, 2.45) is 59.6 Å². The average Bonchev–Trinajstić information content (AvgIpc) is 1.11. The van der Waals surface area contributed by atoms with Crippen molar-refractivity contribution in [1.29, 1.82) is 0 Å². The predicted octanol–water partition coefficient (Wildman–Crippen LogP) is 31.1. The Labute approximate surface area is 803 Å². The lowest BCUT2D eigenvalue weighted by molar-refractivity contribution is 0.148. The third-order valence-corrected chi connectivity index (χ3v) is 24.8. The maximum atomic E-state index is 2.71. The van der Waals surface area contributed by atoms with Crippen LogP contribution in [0.3, 0.4) is 0 Å². The van der Waals surface area contributed by atoms with E-state index in [-0.39, 0.29) is 0 Å². The Morgan fingerprint density at radius 3 is 0.675 bits per heavy atom. The second-order valence-corrected chi connectivity index (χ2v) is 54.3. The van der Waals surface area contributed by atoms with Crippen LogP contribution in [-0.2, 0) is 0 Å². The van der Waals surface area contributed by atoms with Crippen LogP contribution in [0.25, 0.3) is 0 Å². The van der Waals surface area contributed by atoms with Gasteiger partial charge in [0.25, 0.3) is 0 Å². The normalized spacial score (nSPS) is 17.6. The number of rotatable bonds is 28. The summed E-state index contributed by atoms with van der Waals surface area (Å²) < 4.78 is 0. The van der Waals surface area contributed by atoms with Gasteiger partial charge < -0.3 is 53.9 Å². The fraction of sp³-hybridized carbons (Fsp3) is 1.00. The fourth-order valence-electron chi connectivity index (χ4n) is 16.1. The molecule has 0 aromatic heterocycles. The Hall–Kier alpha value is -0.440. The van der Waals surface area contributed by atoms with Gasteiger partial charge in [-0.3, -0.25) is 0 Å². The standard InChI is InChI=1S/2C14H29N.C13H27N.C12H25N.C11H23N.C10H23N.2C9H21N.2C8H19N.C7H17N/c1-13(12-14(2,3)4)15-10-8-6-5-7-9-11-15;1-14(2,3)10-9-13-15-11-7-5-4-6-8-12-15;1-13(2,3)9-8-12-14-10-6-4-5-7-11-14;1-12(2,3)8-7-11-13-9-5-4-6-10-13;1-11(2,3)7-6-10-12-8-4-5-9-12;1-6-11(7-2)9-8-10(3,4)5;1-9(2,3)7-6-8-10(4)5;1-6-10(5)8-7-9(2,3)4;1-8(2,3)6-7-9(4)5;1-7(9(5)6)8(2,3)4;1-7(2,3)6-8(4)5/h13H,5-12H2,1-4H3;4-13H2,1-3H3;4-12H2,1-3H3;4-11H2,1-3H3;4-10H2,1-3H3;6-9H2,1-5H3;2*6-8H2,1-5H3;6-7H2,1-5H3;7H,1-6H3;6H2,1-5H3. The van der Waals surface area contributed by atoms with E-state index in [4.69, 9.17) is 0 Å². The lowest BCUT2D eigenvalue weighted by atomic mass is 9.87. The molecule has 0 amide bonds. The molecule has 11 heteroatoms. The van der Waals surface area contributed by atoms with Gasteiger partial charge in [0.05, 0.1) is 0 Å². The Morgan fingerprint density at radius 2 is 0.476 bits per heavy atom. The molecule has 768 valence electrons. The molecule has 0 bridgehead atoms. The van der Waals surface area contributed by atoms with Crippen LogP contribution in [0.15, 0.2) is 0 Å². The highest BCUT2D eigenvalue weighted by molar-refractivity contribution is 4.79. The molecule has 0 saturated carbocycles. The number of piperidine rings is 1. The number of hydrogen-bond donors (Lipinski definition) is 0. The Balaban J connectivity index is -0.000000316. The second kappa shape index (κ2) is 74.7. The maximum Gasteiger partial charge on any atom is 0.0109 e. The van der Waals surface area contributed by atoms with Crippen LogP contribution in [0, 0.1) is 59.6 Å². The molecule has 11 nitrogen and oxygen atoms in total. The summed E-state index contributed by atoms with van der Waals surface area (Å²) in [5.74, 6) is 0. The highest BCUT2D eigenvalue weighted by atomic mass is 15.2. The van der Waals surface area contributed by atoms with E-state index in [1.54, 1.807) is 0 Å². The van der Waals surface area contributed by atoms with Gasteiger partial charge in [-0.1, -0.05) is 307 Å². The molecule has 5 heterocycles. The molecular weight excluding hydrogens is 1540 g/mol. The Kier molecular flexibility index (Phi) is 80.8. The van der Waals surface area contributed by atoms with Gasteiger partial charge >= 0.3 is 0 Å². The molecule has 0 aliphatic carbocycles. The zero-order valence-corrected chi connectivity index (χ0v) is 97.5. The van der Waals surface area contributed by atoms with Gasteiger partial charge in [-0.2, -0.15) is 0 Å². The van der Waals surface area contributed by atoms with E-state index >= 15 is 0 Å². The second-order valence-electron chi connectivity index (χ2n) is 54.3. The molecule has 0 aromatic carbocycles. The maximum absolute atomic E-state index is 2.71. The first kappa shape index (κ1) is 136. The zero-order chi connectivity index (χ0) is 98.9. The van der Waals surface area contributed by atoms with Crippen molar-refractivity contribution in [2.45, 2.75) is 487 Å². The molecule has 2 unspecified atom stereocenters. The SMILES string of the molecule is CC(C)(C)CCCN1CCCC1.CC(C)(C)CCCN1CCCCC1.CC(C)(C)CCCN1CCCCCC1.CC(C)(C)CCCN1CCCCCCC1.CC(CC(C)(C)C)N1CCCCCCC1.CC(N(C)C)C(C)(C)C.CCN(C)CCC(C)(C)C.CCN(CC)CCC(C)(C)C.CN(C)CC(C)(C)C.CN(C)CCC(C)(C)C.CN(C)CCCC(C)(C)C. The van der Waals surface area contributed by atoms with E-state index in [0.717, 1.165) is 19.1 Å². The first-order chi connectivity index (χ1) is 57.4. The van der Waals surface area contributed by atoms with Gasteiger partial charge in [-0.05, 0) is 428 Å². The lowest BCUT2D eigenvalue weighted by Crippen LogP contribution is -2.37. The van der Waals surface area contributed by atoms with Gasteiger partial charge in [0.15, 0.2) is 0 Å². The molecule has 5 saturated heterocycles. The molecule has 5 aliphatic rings. The van der Waals surface area contributed by atoms with Crippen molar-refractivity contribution in [3.63, 3.8) is 0 Å². The number of hydrogen-bond acceptors (Lipinski definition) is 11. The molecule has 5 aliphatic heterocycles. The molecule has 126 heavy (non-hydrogen) atoms. The quantitative estimate of drug-likeness (QED) is 0.0752. The van der Waals surface area contributed by atoms with E-state index in [1.807, 2.05) is 0 Å². The van der Waals surface area contributed by atoms with E-state index in [0.29, 0.717) is 65.6 Å². The monoisotopic (exact) mass is 1790 g/mol. The minimum Gasteiger partial charge on any atom is -0.309 e. The predicted molar refractivity (Wildman–Crippen MR) is 583 cm³/mol. The largest absolute Gasteiger partial charge is 0.309 e. The first-order valence-electron chi connectivity index (χ1n) is 54.0. The van der Waals surface area contributed by atoms with Crippen LogP contribution in [0.5, 0.6) is 0 Å². The van der Waals surface area contributed by atoms with Crippen molar-refractivity contribution in [3.8, 4) is 0 Å². The van der Waals surface area contributed by atoms with Crippen molar-refractivity contribution >= 4 is 0 Å². The van der Waals surface area contributed by atoms with Crippen LogP contribution >= 0.6 is 0 Å². The van der Waals surface area contributed by atoms with Gasteiger partial charge in [-0.15, -0.1) is 0 Å². The summed E-state index contributed by atoms with van der Waals surface area (Å²) in [6.07, 6.45) is 46.1. The molecule has 0 aromatic rings. The van der Waals surface area contributed by atoms with Crippen molar-refractivity contribution in [1.82, 2.24) is 53.9 Å². The third kappa shape index (κ3) is 116. The molecule has 0 radical (unpaired) electrons. The van der Waals surface area contributed by atoms with Crippen molar-refractivity contribution in [2.75, 3.05) is 207 Å². The van der Waals surface area contributed by atoms with E-state index in [9.17, 15) is 0 Å². The molecule has 2 atom stereocenters. The minimum absolute atomic E-state index is 0.406. The topological polar surface area (TPSA) is 35.6 Å². The molecule has 0 N–H and O–H groups in total. The smallest absolute Gasteiger partial charge is 0.0109 e. The van der Waals surface area contributed by atoms with Crippen molar-refractivity contribution in [3.05, 3.63) is 0 Å². The van der Waals surface area contributed by atoms with Gasteiger partial charge in [-0.25, -0.2) is 0 Å².